The Balaban J connectivity index is 2.12. The van der Waals surface area contributed by atoms with Gasteiger partial charge in [0.1, 0.15) is 0 Å². The van der Waals surface area contributed by atoms with Crippen LogP contribution in [0, 0.1) is 0 Å². The van der Waals surface area contributed by atoms with E-state index in [0.29, 0.717) is 0 Å². The third kappa shape index (κ3) is 6.40. The molecule has 0 amide bonds. The third-order valence-corrected chi connectivity index (χ3v) is 3.75. The minimum atomic E-state index is 0.971. The second-order valence-electron chi connectivity index (χ2n) is 5.47. The first-order chi connectivity index (χ1) is 9.67. The highest BCUT2D eigenvalue weighted by Gasteiger charge is 1.99. The van der Waals surface area contributed by atoms with Crippen LogP contribution in [0.15, 0.2) is 24.3 Å². The van der Waals surface area contributed by atoms with Crippen LogP contribution in [0.2, 0.25) is 0 Å². The van der Waals surface area contributed by atoms with Crippen molar-refractivity contribution in [2.45, 2.75) is 33.2 Å². The van der Waals surface area contributed by atoms with Gasteiger partial charge < -0.3 is 15.1 Å². The number of benzene rings is 1. The molecule has 0 aliphatic rings. The van der Waals surface area contributed by atoms with Crippen molar-refractivity contribution < 1.29 is 0 Å². The summed E-state index contributed by atoms with van der Waals surface area (Å²) >= 11 is 0. The first-order valence-electron chi connectivity index (χ1n) is 7.86. The maximum absolute atomic E-state index is 3.53. The largest absolute Gasteiger partial charge is 0.378 e. The van der Waals surface area contributed by atoms with Gasteiger partial charge in [-0.15, -0.1) is 0 Å². The Kier molecular flexibility index (Phi) is 8.31. The number of unbranched alkanes of at least 4 members (excludes halogenated alkanes) is 1. The Morgan fingerprint density at radius 2 is 1.60 bits per heavy atom. The molecule has 1 aromatic carbocycles. The number of nitrogens with one attached hydrogen (secondary N) is 1. The third-order valence-electron chi connectivity index (χ3n) is 3.75. The van der Waals surface area contributed by atoms with Crippen LogP contribution >= 0.6 is 0 Å². The Bertz CT molecular complexity index is 342. The summed E-state index contributed by atoms with van der Waals surface area (Å²) in [6, 6.07) is 8.77. The summed E-state index contributed by atoms with van der Waals surface area (Å²) in [6.45, 7) is 10.1. The summed E-state index contributed by atoms with van der Waals surface area (Å²) in [7, 11) is 4.15. The van der Waals surface area contributed by atoms with Crippen LogP contribution in [0.1, 0.15) is 32.3 Å². The van der Waals surface area contributed by atoms with Crippen molar-refractivity contribution in [3.63, 3.8) is 0 Å². The van der Waals surface area contributed by atoms with E-state index in [2.05, 4.69) is 67.3 Å². The molecule has 114 valence electrons. The van der Waals surface area contributed by atoms with E-state index in [-0.39, 0.29) is 0 Å². The lowest BCUT2D eigenvalue weighted by molar-refractivity contribution is 0.296. The van der Waals surface area contributed by atoms with Crippen LogP contribution in [0.5, 0.6) is 0 Å². The van der Waals surface area contributed by atoms with Gasteiger partial charge in [-0.25, -0.2) is 0 Å². The van der Waals surface area contributed by atoms with Gasteiger partial charge in [-0.05, 0) is 56.7 Å². The Morgan fingerprint density at radius 1 is 0.950 bits per heavy atom. The Morgan fingerprint density at radius 3 is 2.15 bits per heavy atom. The van der Waals surface area contributed by atoms with Crippen molar-refractivity contribution in [3.05, 3.63) is 29.8 Å². The van der Waals surface area contributed by atoms with Gasteiger partial charge in [0.15, 0.2) is 0 Å². The summed E-state index contributed by atoms with van der Waals surface area (Å²) in [5.41, 5.74) is 2.62. The van der Waals surface area contributed by atoms with E-state index in [9.17, 15) is 0 Å². The van der Waals surface area contributed by atoms with E-state index in [1.54, 1.807) is 0 Å². The summed E-state index contributed by atoms with van der Waals surface area (Å²) in [6.07, 6.45) is 2.54. The van der Waals surface area contributed by atoms with Gasteiger partial charge in [-0.3, -0.25) is 0 Å². The predicted molar refractivity (Wildman–Crippen MR) is 89.5 cm³/mol. The maximum Gasteiger partial charge on any atom is 0.0361 e. The minimum absolute atomic E-state index is 0.971. The highest BCUT2D eigenvalue weighted by molar-refractivity contribution is 5.45. The predicted octanol–water partition coefficient (Wildman–Crippen LogP) is 2.96. The SMILES string of the molecule is CCN(CC)CCCCNCc1ccc(N(C)C)cc1. The zero-order valence-electron chi connectivity index (χ0n) is 13.7. The summed E-state index contributed by atoms with van der Waals surface area (Å²) < 4.78 is 0. The topological polar surface area (TPSA) is 18.5 Å². The van der Waals surface area contributed by atoms with Gasteiger partial charge in [-0.1, -0.05) is 26.0 Å². The lowest BCUT2D eigenvalue weighted by atomic mass is 10.2. The van der Waals surface area contributed by atoms with Crippen molar-refractivity contribution in [1.29, 1.82) is 0 Å². The smallest absolute Gasteiger partial charge is 0.0361 e. The number of nitrogens with zero attached hydrogens (tertiary/aromatic N) is 2. The first-order valence-corrected chi connectivity index (χ1v) is 7.86. The van der Waals surface area contributed by atoms with Gasteiger partial charge >= 0.3 is 0 Å². The molecule has 3 heteroatoms. The van der Waals surface area contributed by atoms with E-state index in [4.69, 9.17) is 0 Å². The van der Waals surface area contributed by atoms with Gasteiger partial charge in [0.25, 0.3) is 0 Å². The number of hydrogen-bond acceptors (Lipinski definition) is 3. The molecule has 0 aliphatic carbocycles. The molecule has 0 aromatic heterocycles. The molecule has 0 fully saturated rings. The first kappa shape index (κ1) is 17.0. The van der Waals surface area contributed by atoms with Crippen LogP contribution < -0.4 is 10.2 Å². The molecule has 3 nitrogen and oxygen atoms in total. The molecule has 20 heavy (non-hydrogen) atoms. The maximum atomic E-state index is 3.53. The summed E-state index contributed by atoms with van der Waals surface area (Å²) in [5.74, 6) is 0. The molecule has 0 radical (unpaired) electrons. The molecule has 0 saturated carbocycles. The molecule has 1 rings (SSSR count). The monoisotopic (exact) mass is 277 g/mol. The molecular formula is C17H31N3. The molecule has 0 atom stereocenters. The number of anilines is 1. The Labute approximate surface area is 125 Å². The van der Waals surface area contributed by atoms with Gasteiger partial charge in [0.2, 0.25) is 0 Å². The highest BCUT2D eigenvalue weighted by atomic mass is 15.1. The normalized spacial score (nSPS) is 11.1. The van der Waals surface area contributed by atoms with E-state index < -0.39 is 0 Å². The van der Waals surface area contributed by atoms with Crippen molar-refractivity contribution in [2.24, 2.45) is 0 Å². The fourth-order valence-corrected chi connectivity index (χ4v) is 2.27. The fourth-order valence-electron chi connectivity index (χ4n) is 2.27. The van der Waals surface area contributed by atoms with E-state index >= 15 is 0 Å². The molecule has 1 N–H and O–H groups in total. The second-order valence-corrected chi connectivity index (χ2v) is 5.47. The van der Waals surface area contributed by atoms with Crippen molar-refractivity contribution >= 4 is 5.69 Å². The summed E-state index contributed by atoms with van der Waals surface area (Å²) in [4.78, 5) is 4.62. The molecule has 1 aromatic rings. The average Bonchev–Trinajstić information content (AvgIpc) is 2.47. The zero-order valence-corrected chi connectivity index (χ0v) is 13.7. The van der Waals surface area contributed by atoms with E-state index in [1.807, 2.05) is 0 Å². The van der Waals surface area contributed by atoms with E-state index in [0.717, 1.165) is 13.1 Å². The van der Waals surface area contributed by atoms with Crippen LogP contribution in [-0.4, -0.2) is 45.2 Å². The number of hydrogen-bond donors (Lipinski definition) is 1. The van der Waals surface area contributed by atoms with Crippen molar-refractivity contribution in [3.8, 4) is 0 Å². The quantitative estimate of drug-likeness (QED) is 0.663. The molecule has 0 bridgehead atoms. The van der Waals surface area contributed by atoms with Gasteiger partial charge in [0.05, 0.1) is 0 Å². The lowest BCUT2D eigenvalue weighted by Crippen LogP contribution is -2.25. The van der Waals surface area contributed by atoms with Gasteiger partial charge in [-0.2, -0.15) is 0 Å². The zero-order chi connectivity index (χ0) is 14.8. The Hall–Kier alpha value is -1.06. The van der Waals surface area contributed by atoms with Crippen molar-refractivity contribution in [2.75, 3.05) is 45.2 Å². The number of rotatable bonds is 10. The molecular weight excluding hydrogens is 246 g/mol. The van der Waals surface area contributed by atoms with Gasteiger partial charge in [0, 0.05) is 26.3 Å². The minimum Gasteiger partial charge on any atom is -0.378 e. The summed E-state index contributed by atoms with van der Waals surface area (Å²) in [5, 5.41) is 3.53. The molecule has 0 heterocycles. The highest BCUT2D eigenvalue weighted by Crippen LogP contribution is 2.11. The lowest BCUT2D eigenvalue weighted by Gasteiger charge is -2.17. The molecule has 0 saturated heterocycles. The van der Waals surface area contributed by atoms with Crippen LogP contribution in [0.4, 0.5) is 5.69 Å². The molecule has 0 aliphatic heterocycles. The van der Waals surface area contributed by atoms with Crippen LogP contribution in [0.3, 0.4) is 0 Å². The standard InChI is InChI=1S/C17H31N3/c1-5-20(6-2)14-8-7-13-18-15-16-9-11-17(12-10-16)19(3)4/h9-12,18H,5-8,13-15H2,1-4H3. The second kappa shape index (κ2) is 9.78. The van der Waals surface area contributed by atoms with Crippen LogP contribution in [-0.2, 0) is 6.54 Å². The average molecular weight is 277 g/mol. The van der Waals surface area contributed by atoms with E-state index in [1.165, 1.54) is 43.7 Å². The fraction of sp³-hybridized carbons (Fsp3) is 0.647. The molecule has 0 unspecified atom stereocenters. The van der Waals surface area contributed by atoms with Crippen LogP contribution in [0.25, 0.3) is 0 Å². The van der Waals surface area contributed by atoms with Crippen molar-refractivity contribution in [1.82, 2.24) is 10.2 Å². The molecule has 0 spiro atoms.